The average molecular weight is 294 g/mol. The molecule has 0 aromatic rings. The normalized spacial score (nSPS) is 16.8. The third kappa shape index (κ3) is 6.22. The molecule has 0 aromatic heterocycles. The lowest BCUT2D eigenvalue weighted by atomic mass is 10.1. The van der Waals surface area contributed by atoms with Gasteiger partial charge < -0.3 is 20.3 Å². The summed E-state index contributed by atoms with van der Waals surface area (Å²) in [7, 11) is 1.51. The summed E-state index contributed by atoms with van der Waals surface area (Å²) in [5.74, 6) is 0.117. The van der Waals surface area contributed by atoms with Crippen LogP contribution in [0.15, 0.2) is 0 Å². The van der Waals surface area contributed by atoms with Gasteiger partial charge in [0.05, 0.1) is 0 Å². The number of ether oxygens (including phenoxy) is 1. The second kappa shape index (κ2) is 9.12. The van der Waals surface area contributed by atoms with E-state index in [1.165, 1.54) is 7.11 Å². The van der Waals surface area contributed by atoms with Crippen molar-refractivity contribution in [3.8, 4) is 0 Å². The van der Waals surface area contributed by atoms with Gasteiger partial charge in [0.25, 0.3) is 0 Å². The van der Waals surface area contributed by atoms with Gasteiger partial charge in [-0.1, -0.05) is 0 Å². The average Bonchev–Trinajstić information content (AvgIpc) is 2.36. The molecule has 1 aliphatic heterocycles. The molecule has 0 aromatic carbocycles. The number of carbonyl (C=O) groups excluding carboxylic acids is 2. The summed E-state index contributed by atoms with van der Waals surface area (Å²) >= 11 is 0. The maximum Gasteiger partial charge on any atom is 0.248 e. The predicted molar refractivity (Wildman–Crippen MR) is 75.2 cm³/mol. The van der Waals surface area contributed by atoms with Gasteiger partial charge in [-0.25, -0.2) is 0 Å². The summed E-state index contributed by atoms with van der Waals surface area (Å²) in [5, 5.41) is 0. The van der Waals surface area contributed by atoms with Crippen LogP contribution in [-0.2, 0) is 14.3 Å². The lowest BCUT2D eigenvalue weighted by molar-refractivity contribution is -0.141. The smallest absolute Gasteiger partial charge is 0.248 e. The van der Waals surface area contributed by atoms with Gasteiger partial charge in [-0.05, 0) is 13.3 Å². The van der Waals surface area contributed by atoms with Crippen molar-refractivity contribution in [3.05, 3.63) is 0 Å². The van der Waals surface area contributed by atoms with Crippen LogP contribution >= 0.6 is 12.4 Å². The fraction of sp³-hybridized carbons (Fsp3) is 0.833. The molecule has 1 unspecified atom stereocenters. The minimum absolute atomic E-state index is 0. The number of methoxy groups -OCH3 is 1. The molecular formula is C12H24ClN3O3. The van der Waals surface area contributed by atoms with E-state index < -0.39 is 0 Å². The van der Waals surface area contributed by atoms with Crippen molar-refractivity contribution in [2.75, 3.05) is 39.9 Å². The standard InChI is InChI=1S/C12H23N3O3.ClH/c1-10(13)3-4-11(16)14-5-7-15(8-6-14)12(17)9-18-2;/h10H,3-9,13H2,1-2H3;1H. The first-order valence-corrected chi connectivity index (χ1v) is 6.34. The lowest BCUT2D eigenvalue weighted by Gasteiger charge is -2.34. The van der Waals surface area contributed by atoms with Gasteiger partial charge in [-0.3, -0.25) is 9.59 Å². The Balaban J connectivity index is 0.00000324. The Kier molecular flexibility index (Phi) is 8.71. The summed E-state index contributed by atoms with van der Waals surface area (Å²) in [6.45, 7) is 4.39. The second-order valence-electron chi connectivity index (χ2n) is 4.71. The molecule has 0 spiro atoms. The van der Waals surface area contributed by atoms with Crippen LogP contribution in [0.4, 0.5) is 0 Å². The molecule has 112 valence electrons. The lowest BCUT2D eigenvalue weighted by Crippen LogP contribution is -2.51. The third-order valence-electron chi connectivity index (χ3n) is 3.07. The van der Waals surface area contributed by atoms with Crippen LogP contribution in [0.2, 0.25) is 0 Å². The molecule has 1 rings (SSSR count). The van der Waals surface area contributed by atoms with Gasteiger partial charge in [0.15, 0.2) is 0 Å². The Morgan fingerprint density at radius 3 is 2.05 bits per heavy atom. The number of nitrogens with two attached hydrogens (primary N) is 1. The minimum atomic E-state index is -0.0137. The van der Waals surface area contributed by atoms with Crippen LogP contribution in [0.3, 0.4) is 0 Å². The first-order valence-electron chi connectivity index (χ1n) is 6.34. The fourth-order valence-corrected chi connectivity index (χ4v) is 1.93. The Hall–Kier alpha value is -0.850. The van der Waals surface area contributed by atoms with E-state index in [1.54, 1.807) is 9.80 Å². The molecule has 1 aliphatic rings. The number of rotatable bonds is 5. The third-order valence-corrected chi connectivity index (χ3v) is 3.07. The molecule has 6 nitrogen and oxygen atoms in total. The van der Waals surface area contributed by atoms with E-state index in [2.05, 4.69) is 0 Å². The van der Waals surface area contributed by atoms with E-state index in [0.29, 0.717) is 39.0 Å². The number of nitrogens with zero attached hydrogens (tertiary/aromatic N) is 2. The van der Waals surface area contributed by atoms with Crippen LogP contribution in [0.25, 0.3) is 0 Å². The van der Waals surface area contributed by atoms with Crippen LogP contribution < -0.4 is 5.73 Å². The maximum absolute atomic E-state index is 11.8. The zero-order valence-electron chi connectivity index (χ0n) is 11.6. The van der Waals surface area contributed by atoms with E-state index in [1.807, 2.05) is 6.92 Å². The van der Waals surface area contributed by atoms with Crippen molar-refractivity contribution in [2.45, 2.75) is 25.8 Å². The molecule has 19 heavy (non-hydrogen) atoms. The summed E-state index contributed by atoms with van der Waals surface area (Å²) in [5.41, 5.74) is 5.63. The summed E-state index contributed by atoms with van der Waals surface area (Å²) in [4.78, 5) is 27.0. The molecule has 0 radical (unpaired) electrons. The number of hydrogen-bond donors (Lipinski definition) is 1. The Morgan fingerprint density at radius 1 is 1.16 bits per heavy atom. The maximum atomic E-state index is 11.8. The van der Waals surface area contributed by atoms with Crippen molar-refractivity contribution in [1.29, 1.82) is 0 Å². The number of carbonyl (C=O) groups is 2. The van der Waals surface area contributed by atoms with E-state index in [-0.39, 0.29) is 36.9 Å². The van der Waals surface area contributed by atoms with Crippen LogP contribution in [0.5, 0.6) is 0 Å². The van der Waals surface area contributed by atoms with Gasteiger partial charge in [0.2, 0.25) is 11.8 Å². The molecule has 1 fully saturated rings. The SMILES string of the molecule is COCC(=O)N1CCN(C(=O)CCC(C)N)CC1.Cl. The topological polar surface area (TPSA) is 75.9 Å². The molecule has 2 amide bonds. The number of amides is 2. The van der Waals surface area contributed by atoms with Crippen molar-refractivity contribution in [2.24, 2.45) is 5.73 Å². The molecule has 0 saturated carbocycles. The number of piperazine rings is 1. The highest BCUT2D eigenvalue weighted by atomic mass is 35.5. The molecule has 7 heteroatoms. The van der Waals surface area contributed by atoms with Crippen molar-refractivity contribution < 1.29 is 14.3 Å². The number of hydrogen-bond acceptors (Lipinski definition) is 4. The Labute approximate surface area is 120 Å². The summed E-state index contributed by atoms with van der Waals surface area (Å²) in [6, 6.07) is 0.0542. The van der Waals surface area contributed by atoms with Gasteiger partial charge in [0.1, 0.15) is 6.61 Å². The van der Waals surface area contributed by atoms with Crippen LogP contribution in [0.1, 0.15) is 19.8 Å². The molecule has 2 N–H and O–H groups in total. The van der Waals surface area contributed by atoms with Crippen molar-refractivity contribution >= 4 is 24.2 Å². The van der Waals surface area contributed by atoms with Gasteiger partial charge in [0, 0.05) is 45.8 Å². The largest absolute Gasteiger partial charge is 0.375 e. The molecule has 1 saturated heterocycles. The summed E-state index contributed by atoms with van der Waals surface area (Å²) in [6.07, 6.45) is 1.20. The molecular weight excluding hydrogens is 270 g/mol. The molecule has 1 atom stereocenters. The Morgan fingerprint density at radius 2 is 1.63 bits per heavy atom. The van der Waals surface area contributed by atoms with Gasteiger partial charge >= 0.3 is 0 Å². The van der Waals surface area contributed by atoms with Crippen LogP contribution in [0, 0.1) is 0 Å². The van der Waals surface area contributed by atoms with Crippen LogP contribution in [-0.4, -0.2) is 67.6 Å². The van der Waals surface area contributed by atoms with E-state index >= 15 is 0 Å². The zero-order chi connectivity index (χ0) is 13.5. The predicted octanol–water partition coefficient (Wildman–Crippen LogP) is -0.147. The van der Waals surface area contributed by atoms with Crippen molar-refractivity contribution in [3.63, 3.8) is 0 Å². The highest BCUT2D eigenvalue weighted by molar-refractivity contribution is 5.85. The Bertz CT molecular complexity index is 292. The zero-order valence-corrected chi connectivity index (χ0v) is 12.4. The van der Waals surface area contributed by atoms with E-state index in [0.717, 1.165) is 0 Å². The van der Waals surface area contributed by atoms with Gasteiger partial charge in [-0.2, -0.15) is 0 Å². The number of halogens is 1. The summed E-state index contributed by atoms with van der Waals surface area (Å²) < 4.78 is 4.81. The first-order chi connectivity index (χ1) is 8.54. The quantitative estimate of drug-likeness (QED) is 0.765. The van der Waals surface area contributed by atoms with Gasteiger partial charge in [-0.15, -0.1) is 12.4 Å². The highest BCUT2D eigenvalue weighted by Gasteiger charge is 2.23. The highest BCUT2D eigenvalue weighted by Crippen LogP contribution is 2.06. The van der Waals surface area contributed by atoms with E-state index in [9.17, 15) is 9.59 Å². The monoisotopic (exact) mass is 293 g/mol. The fourth-order valence-electron chi connectivity index (χ4n) is 1.93. The van der Waals surface area contributed by atoms with Crippen molar-refractivity contribution in [1.82, 2.24) is 9.80 Å². The first kappa shape index (κ1) is 18.1. The molecule has 0 bridgehead atoms. The molecule has 0 aliphatic carbocycles. The van der Waals surface area contributed by atoms with E-state index in [4.69, 9.17) is 10.5 Å². The second-order valence-corrected chi connectivity index (χ2v) is 4.71. The minimum Gasteiger partial charge on any atom is -0.375 e. The molecule has 1 heterocycles.